The molecule has 0 atom stereocenters. The Morgan fingerprint density at radius 3 is 1.67 bits per heavy atom. The van der Waals surface area contributed by atoms with Gasteiger partial charge < -0.3 is 5.73 Å². The van der Waals surface area contributed by atoms with E-state index in [-0.39, 0.29) is 11.4 Å². The van der Waals surface area contributed by atoms with Crippen molar-refractivity contribution in [2.24, 2.45) is 0 Å². The fourth-order valence-corrected chi connectivity index (χ4v) is 5.16. The van der Waals surface area contributed by atoms with Gasteiger partial charge in [0.05, 0.1) is 11.4 Å². The summed E-state index contributed by atoms with van der Waals surface area (Å²) in [4.78, 5) is 3.77. The van der Waals surface area contributed by atoms with Crippen molar-refractivity contribution in [1.82, 2.24) is 4.98 Å². The Labute approximate surface area is 226 Å². The lowest BCUT2D eigenvalue weighted by molar-refractivity contribution is 1.33. The molecule has 0 amide bonds. The van der Waals surface area contributed by atoms with E-state index < -0.39 is 0 Å². The SMILES string of the molecule is N=C1C=CC(c2c3ccccc3c(-c3ccc4ccccc4c3)c3ccccc23)=CC1=N.Nc1ccncc1. The van der Waals surface area contributed by atoms with Gasteiger partial charge in [-0.25, -0.2) is 0 Å². The summed E-state index contributed by atoms with van der Waals surface area (Å²) < 4.78 is 0. The molecule has 0 bridgehead atoms. The molecular formula is C35H26N4. The van der Waals surface area contributed by atoms with E-state index in [4.69, 9.17) is 16.6 Å². The third-order valence-electron chi connectivity index (χ3n) is 6.98. The van der Waals surface area contributed by atoms with Crippen LogP contribution in [0.3, 0.4) is 0 Å². The Bertz CT molecular complexity index is 1890. The second-order valence-corrected chi connectivity index (χ2v) is 9.44. The average Bonchev–Trinajstić information content (AvgIpc) is 2.98. The highest BCUT2D eigenvalue weighted by Gasteiger charge is 2.18. The van der Waals surface area contributed by atoms with Gasteiger partial charge in [-0.05, 0) is 84.9 Å². The molecular weight excluding hydrogens is 476 g/mol. The molecule has 4 heteroatoms. The maximum atomic E-state index is 8.19. The molecule has 5 aromatic carbocycles. The zero-order chi connectivity index (χ0) is 26.8. The van der Waals surface area contributed by atoms with E-state index in [9.17, 15) is 0 Å². The maximum Gasteiger partial charge on any atom is 0.0795 e. The third-order valence-corrected chi connectivity index (χ3v) is 6.98. The summed E-state index contributed by atoms with van der Waals surface area (Å²) in [5.41, 5.74) is 11.1. The van der Waals surface area contributed by atoms with Crippen molar-refractivity contribution in [2.45, 2.75) is 0 Å². The second kappa shape index (κ2) is 10.2. The van der Waals surface area contributed by atoms with Gasteiger partial charge in [0, 0.05) is 18.1 Å². The summed E-state index contributed by atoms with van der Waals surface area (Å²) in [6.07, 6.45) is 8.82. The molecule has 186 valence electrons. The van der Waals surface area contributed by atoms with Crippen molar-refractivity contribution in [2.75, 3.05) is 5.73 Å². The van der Waals surface area contributed by atoms with Crippen LogP contribution in [-0.2, 0) is 0 Å². The number of nitrogen functional groups attached to an aromatic ring is 1. The van der Waals surface area contributed by atoms with Crippen LogP contribution in [0.2, 0.25) is 0 Å². The molecule has 0 saturated heterocycles. The summed E-state index contributed by atoms with van der Waals surface area (Å²) in [6.45, 7) is 0. The first-order chi connectivity index (χ1) is 19.1. The Morgan fingerprint density at radius 1 is 0.538 bits per heavy atom. The molecule has 6 aromatic rings. The molecule has 39 heavy (non-hydrogen) atoms. The first-order valence-electron chi connectivity index (χ1n) is 12.8. The molecule has 0 spiro atoms. The van der Waals surface area contributed by atoms with Crippen LogP contribution in [0.4, 0.5) is 5.69 Å². The lowest BCUT2D eigenvalue weighted by Gasteiger charge is -2.19. The van der Waals surface area contributed by atoms with E-state index in [0.717, 1.165) is 27.6 Å². The van der Waals surface area contributed by atoms with Crippen LogP contribution in [0.25, 0.3) is 49.0 Å². The van der Waals surface area contributed by atoms with Gasteiger partial charge in [-0.3, -0.25) is 15.8 Å². The highest BCUT2D eigenvalue weighted by atomic mass is 14.6. The van der Waals surface area contributed by atoms with Gasteiger partial charge in [0.25, 0.3) is 0 Å². The van der Waals surface area contributed by atoms with E-state index >= 15 is 0 Å². The van der Waals surface area contributed by atoms with Crippen molar-refractivity contribution >= 4 is 55.0 Å². The highest BCUT2D eigenvalue weighted by Crippen LogP contribution is 2.42. The van der Waals surface area contributed by atoms with Crippen LogP contribution < -0.4 is 5.73 Å². The van der Waals surface area contributed by atoms with Crippen LogP contribution in [0.15, 0.2) is 134 Å². The second-order valence-electron chi connectivity index (χ2n) is 9.44. The van der Waals surface area contributed by atoms with Gasteiger partial charge in [-0.15, -0.1) is 0 Å². The van der Waals surface area contributed by atoms with Crippen molar-refractivity contribution in [3.63, 3.8) is 0 Å². The summed E-state index contributed by atoms with van der Waals surface area (Å²) in [5.74, 6) is 0. The number of nitrogens with one attached hydrogen (secondary N) is 2. The first kappa shape index (κ1) is 24.0. The predicted octanol–water partition coefficient (Wildman–Crippen LogP) is 8.47. The van der Waals surface area contributed by atoms with E-state index in [1.54, 1.807) is 30.6 Å². The van der Waals surface area contributed by atoms with Crippen molar-refractivity contribution < 1.29 is 0 Å². The first-order valence-corrected chi connectivity index (χ1v) is 12.8. The molecule has 0 fully saturated rings. The van der Waals surface area contributed by atoms with E-state index in [1.165, 1.54) is 32.7 Å². The lowest BCUT2D eigenvalue weighted by Crippen LogP contribution is -2.10. The molecule has 0 radical (unpaired) electrons. The van der Waals surface area contributed by atoms with E-state index in [2.05, 4.69) is 96.0 Å². The molecule has 7 rings (SSSR count). The number of rotatable bonds is 2. The molecule has 1 aromatic heterocycles. The van der Waals surface area contributed by atoms with Gasteiger partial charge in [0.1, 0.15) is 0 Å². The fourth-order valence-electron chi connectivity index (χ4n) is 5.16. The van der Waals surface area contributed by atoms with Crippen LogP contribution in [0.5, 0.6) is 0 Å². The van der Waals surface area contributed by atoms with E-state index in [1.807, 2.05) is 12.2 Å². The van der Waals surface area contributed by atoms with Crippen molar-refractivity contribution in [1.29, 1.82) is 10.8 Å². The number of nitrogens with zero attached hydrogens (tertiary/aromatic N) is 1. The predicted molar refractivity (Wildman–Crippen MR) is 166 cm³/mol. The number of pyridine rings is 1. The third kappa shape index (κ3) is 4.60. The summed E-state index contributed by atoms with van der Waals surface area (Å²) in [7, 11) is 0. The van der Waals surface area contributed by atoms with Crippen molar-refractivity contribution in [3.05, 3.63) is 139 Å². The minimum absolute atomic E-state index is 0.245. The summed E-state index contributed by atoms with van der Waals surface area (Å²) in [5, 5.41) is 23.3. The Balaban J connectivity index is 0.000000346. The van der Waals surface area contributed by atoms with Gasteiger partial charge >= 0.3 is 0 Å². The Morgan fingerprint density at radius 2 is 1.10 bits per heavy atom. The Kier molecular flexibility index (Phi) is 6.28. The number of allylic oxidation sites excluding steroid dienone is 4. The summed E-state index contributed by atoms with van der Waals surface area (Å²) in [6, 6.07) is 35.7. The standard InChI is InChI=1S/C30H20N2.C5H6N2/c31-27-16-15-22(18-28(27)32)30-25-11-5-3-9-23(25)29(24-10-4-6-12-26(24)30)21-14-13-19-7-1-2-8-20(19)17-21;6-5-1-3-7-4-2-5/h1-18,31-32H;1-4H,(H2,6,7). The van der Waals surface area contributed by atoms with Gasteiger partial charge in [0.2, 0.25) is 0 Å². The van der Waals surface area contributed by atoms with Gasteiger partial charge in [-0.2, -0.15) is 0 Å². The molecule has 0 unspecified atom stereocenters. The van der Waals surface area contributed by atoms with Crippen LogP contribution in [0, 0.1) is 10.8 Å². The molecule has 0 aliphatic heterocycles. The van der Waals surface area contributed by atoms with Gasteiger partial charge in [0.15, 0.2) is 0 Å². The molecule has 1 aliphatic rings. The minimum atomic E-state index is 0.245. The fraction of sp³-hybridized carbons (Fsp3) is 0. The molecule has 4 N–H and O–H groups in total. The van der Waals surface area contributed by atoms with Gasteiger partial charge in [-0.1, -0.05) is 91.0 Å². The number of anilines is 1. The average molecular weight is 503 g/mol. The van der Waals surface area contributed by atoms with Crippen molar-refractivity contribution in [3.8, 4) is 11.1 Å². The highest BCUT2D eigenvalue weighted by molar-refractivity contribution is 6.50. The molecule has 0 saturated carbocycles. The number of nitrogens with two attached hydrogens (primary N) is 1. The monoisotopic (exact) mass is 502 g/mol. The topological polar surface area (TPSA) is 86.6 Å². The largest absolute Gasteiger partial charge is 0.399 e. The molecule has 1 heterocycles. The minimum Gasteiger partial charge on any atom is -0.399 e. The number of hydrogen-bond donors (Lipinski definition) is 3. The Hall–Kier alpha value is -5.35. The van der Waals surface area contributed by atoms with E-state index in [0.29, 0.717) is 0 Å². The molecule has 4 nitrogen and oxygen atoms in total. The zero-order valence-electron chi connectivity index (χ0n) is 21.2. The van der Waals surface area contributed by atoms with Crippen LogP contribution in [-0.4, -0.2) is 16.4 Å². The number of benzene rings is 5. The van der Waals surface area contributed by atoms with Crippen LogP contribution in [0.1, 0.15) is 5.56 Å². The number of hydrogen-bond acceptors (Lipinski definition) is 4. The number of fused-ring (bicyclic) bond motifs is 3. The number of aromatic nitrogens is 1. The lowest BCUT2D eigenvalue weighted by atomic mass is 9.84. The smallest absolute Gasteiger partial charge is 0.0795 e. The zero-order valence-corrected chi connectivity index (χ0v) is 21.2. The molecule has 1 aliphatic carbocycles. The summed E-state index contributed by atoms with van der Waals surface area (Å²) >= 11 is 0. The quantitative estimate of drug-likeness (QED) is 0.164. The van der Waals surface area contributed by atoms with Crippen LogP contribution >= 0.6 is 0 Å². The normalized spacial score (nSPS) is 12.9. The maximum absolute atomic E-state index is 8.19.